The fourth-order valence-electron chi connectivity index (χ4n) is 2.99. The summed E-state index contributed by atoms with van der Waals surface area (Å²) in [5.74, 6) is 0.671. The largest absolute Gasteiger partial charge is 0.495 e. The summed E-state index contributed by atoms with van der Waals surface area (Å²) in [5, 5.41) is 5.38. The topological polar surface area (TPSA) is 27.7 Å². The van der Waals surface area contributed by atoms with Gasteiger partial charge in [0.15, 0.2) is 5.11 Å². The third-order valence-electron chi connectivity index (χ3n) is 4.32. The Kier molecular flexibility index (Phi) is 6.59. The van der Waals surface area contributed by atoms with E-state index in [1.807, 2.05) is 30.3 Å². The van der Waals surface area contributed by atoms with Gasteiger partial charge in [-0.2, -0.15) is 0 Å². The van der Waals surface area contributed by atoms with Crippen LogP contribution in [-0.2, 0) is 6.54 Å². The highest BCUT2D eigenvalue weighted by Crippen LogP contribution is 2.28. The molecule has 0 spiro atoms. The minimum atomic E-state index is 0.627. The van der Waals surface area contributed by atoms with E-state index in [4.69, 9.17) is 40.2 Å². The summed E-state index contributed by atoms with van der Waals surface area (Å²) in [5.41, 5.74) is 1.94. The fraction of sp³-hybridized carbons (Fsp3) is 0.316. The van der Waals surface area contributed by atoms with Crippen molar-refractivity contribution in [1.29, 1.82) is 0 Å². The van der Waals surface area contributed by atoms with Crippen molar-refractivity contribution in [3.63, 3.8) is 0 Å². The van der Waals surface area contributed by atoms with E-state index in [9.17, 15) is 0 Å². The Balaban J connectivity index is 1.64. The number of hydrogen-bond donors (Lipinski definition) is 1. The average molecular weight is 410 g/mol. The average Bonchev–Trinajstić information content (AvgIpc) is 2.65. The van der Waals surface area contributed by atoms with Crippen molar-refractivity contribution in [3.8, 4) is 5.75 Å². The molecule has 0 aromatic heterocycles. The minimum absolute atomic E-state index is 0.627. The zero-order valence-electron chi connectivity index (χ0n) is 14.5. The molecule has 0 unspecified atom stereocenters. The predicted molar refractivity (Wildman–Crippen MR) is 112 cm³/mol. The molecule has 1 heterocycles. The van der Waals surface area contributed by atoms with Gasteiger partial charge in [-0.3, -0.25) is 4.90 Å². The van der Waals surface area contributed by atoms with E-state index in [2.05, 4.69) is 21.2 Å². The Labute approximate surface area is 169 Å². The quantitative estimate of drug-likeness (QED) is 0.727. The monoisotopic (exact) mass is 409 g/mol. The van der Waals surface area contributed by atoms with Gasteiger partial charge in [0.05, 0.1) is 19.5 Å². The van der Waals surface area contributed by atoms with Gasteiger partial charge in [-0.25, -0.2) is 0 Å². The van der Waals surface area contributed by atoms with Crippen molar-refractivity contribution >= 4 is 46.2 Å². The van der Waals surface area contributed by atoms with Gasteiger partial charge in [0.25, 0.3) is 0 Å². The molecule has 7 heteroatoms. The van der Waals surface area contributed by atoms with Crippen molar-refractivity contribution in [3.05, 3.63) is 58.1 Å². The van der Waals surface area contributed by atoms with Crippen LogP contribution < -0.4 is 10.1 Å². The number of nitrogens with one attached hydrogen (secondary N) is 1. The molecule has 2 aromatic carbocycles. The highest BCUT2D eigenvalue weighted by molar-refractivity contribution is 7.80. The van der Waals surface area contributed by atoms with E-state index in [1.54, 1.807) is 13.2 Å². The number of ether oxygens (including phenoxy) is 1. The van der Waals surface area contributed by atoms with E-state index in [-0.39, 0.29) is 0 Å². The van der Waals surface area contributed by atoms with E-state index in [1.165, 1.54) is 0 Å². The lowest BCUT2D eigenvalue weighted by molar-refractivity contribution is 0.134. The lowest BCUT2D eigenvalue weighted by atomic mass is 10.2. The molecule has 0 saturated carbocycles. The molecular formula is C19H21Cl2N3OS. The third-order valence-corrected chi connectivity index (χ3v) is 5.28. The summed E-state index contributed by atoms with van der Waals surface area (Å²) in [6, 6.07) is 13.4. The lowest BCUT2D eigenvalue weighted by Gasteiger charge is -2.37. The van der Waals surface area contributed by atoms with Gasteiger partial charge in [-0.05, 0) is 42.4 Å². The molecule has 0 bridgehead atoms. The maximum Gasteiger partial charge on any atom is 0.174 e. The Morgan fingerprint density at radius 1 is 1.19 bits per heavy atom. The first kappa shape index (κ1) is 19.2. The van der Waals surface area contributed by atoms with Crippen LogP contribution in [0.2, 0.25) is 10.0 Å². The summed E-state index contributed by atoms with van der Waals surface area (Å²) in [7, 11) is 1.62. The second-order valence-electron chi connectivity index (χ2n) is 6.18. The fourth-order valence-corrected chi connectivity index (χ4v) is 3.61. The number of hydrogen-bond acceptors (Lipinski definition) is 3. The van der Waals surface area contributed by atoms with Crippen LogP contribution in [0.1, 0.15) is 12.0 Å². The van der Waals surface area contributed by atoms with Crippen LogP contribution in [-0.4, -0.2) is 41.8 Å². The van der Waals surface area contributed by atoms with Crippen LogP contribution in [0, 0.1) is 0 Å². The first-order valence-corrected chi connectivity index (χ1v) is 9.58. The number of nitrogens with zero attached hydrogens (tertiary/aromatic N) is 2. The standard InChI is InChI=1S/C19H21Cl2N3OS/c1-25-18-11-15(20)7-8-17(18)22-19(26)24-10-4-9-23(13-24)12-14-5-2-3-6-16(14)21/h2-3,5-8,11H,4,9-10,12-13H2,1H3,(H,22,26). The van der Waals surface area contributed by atoms with Crippen LogP contribution >= 0.6 is 35.4 Å². The highest BCUT2D eigenvalue weighted by atomic mass is 35.5. The summed E-state index contributed by atoms with van der Waals surface area (Å²) in [6.45, 7) is 3.51. The Morgan fingerprint density at radius 3 is 2.77 bits per heavy atom. The van der Waals surface area contributed by atoms with Gasteiger partial charge in [-0.15, -0.1) is 0 Å². The number of rotatable bonds is 4. The first-order valence-electron chi connectivity index (χ1n) is 8.42. The van der Waals surface area contributed by atoms with Crippen LogP contribution in [0.25, 0.3) is 0 Å². The molecule has 26 heavy (non-hydrogen) atoms. The van der Waals surface area contributed by atoms with E-state index in [0.29, 0.717) is 15.9 Å². The van der Waals surface area contributed by atoms with Crippen molar-refractivity contribution in [2.75, 3.05) is 32.2 Å². The minimum Gasteiger partial charge on any atom is -0.495 e. The highest BCUT2D eigenvalue weighted by Gasteiger charge is 2.21. The molecule has 2 aromatic rings. The second kappa shape index (κ2) is 8.91. The molecule has 3 rings (SSSR count). The normalized spacial score (nSPS) is 15.0. The molecule has 0 aliphatic carbocycles. The smallest absolute Gasteiger partial charge is 0.174 e. The molecular weight excluding hydrogens is 389 g/mol. The Morgan fingerprint density at radius 2 is 2.00 bits per heavy atom. The molecule has 0 atom stereocenters. The number of benzene rings is 2. The summed E-state index contributed by atoms with van der Waals surface area (Å²) < 4.78 is 5.38. The molecule has 0 radical (unpaired) electrons. The number of methoxy groups -OCH3 is 1. The molecule has 0 amide bonds. The van der Waals surface area contributed by atoms with Crippen molar-refractivity contribution < 1.29 is 4.74 Å². The molecule has 1 fully saturated rings. The maximum atomic E-state index is 6.29. The van der Waals surface area contributed by atoms with Crippen molar-refractivity contribution in [2.24, 2.45) is 0 Å². The second-order valence-corrected chi connectivity index (χ2v) is 7.41. The Hall–Kier alpha value is -1.53. The maximum absolute atomic E-state index is 6.29. The summed E-state index contributed by atoms with van der Waals surface area (Å²) >= 11 is 17.9. The molecule has 1 N–H and O–H groups in total. The van der Waals surface area contributed by atoms with Crippen molar-refractivity contribution in [2.45, 2.75) is 13.0 Å². The third kappa shape index (κ3) is 4.80. The molecule has 1 aliphatic rings. The van der Waals surface area contributed by atoms with Crippen LogP contribution in [0.5, 0.6) is 5.75 Å². The summed E-state index contributed by atoms with van der Waals surface area (Å²) in [4.78, 5) is 4.50. The van der Waals surface area contributed by atoms with Crippen LogP contribution in [0.4, 0.5) is 5.69 Å². The molecule has 1 saturated heterocycles. The van der Waals surface area contributed by atoms with Gasteiger partial charge in [0.1, 0.15) is 5.75 Å². The first-order chi connectivity index (χ1) is 12.6. The lowest BCUT2D eigenvalue weighted by Crippen LogP contribution is -2.48. The van der Waals surface area contributed by atoms with E-state index >= 15 is 0 Å². The predicted octanol–water partition coefficient (Wildman–Crippen LogP) is 4.86. The number of thiocarbonyl (C=S) groups is 1. The van der Waals surface area contributed by atoms with Gasteiger partial charge < -0.3 is 15.0 Å². The van der Waals surface area contributed by atoms with Gasteiger partial charge >= 0.3 is 0 Å². The number of anilines is 1. The Bertz CT molecular complexity index is 787. The van der Waals surface area contributed by atoms with E-state index in [0.717, 1.165) is 49.0 Å². The summed E-state index contributed by atoms with van der Waals surface area (Å²) in [6.07, 6.45) is 1.05. The van der Waals surface area contributed by atoms with Gasteiger partial charge in [-0.1, -0.05) is 41.4 Å². The van der Waals surface area contributed by atoms with E-state index < -0.39 is 0 Å². The zero-order chi connectivity index (χ0) is 18.5. The van der Waals surface area contributed by atoms with Gasteiger partial charge in [0, 0.05) is 35.7 Å². The van der Waals surface area contributed by atoms with Crippen molar-refractivity contribution in [1.82, 2.24) is 9.80 Å². The number of halogens is 2. The van der Waals surface area contributed by atoms with Crippen LogP contribution in [0.15, 0.2) is 42.5 Å². The van der Waals surface area contributed by atoms with Gasteiger partial charge in [0.2, 0.25) is 0 Å². The zero-order valence-corrected chi connectivity index (χ0v) is 16.9. The molecule has 1 aliphatic heterocycles. The SMILES string of the molecule is COc1cc(Cl)ccc1NC(=S)N1CCCN(Cc2ccccc2Cl)C1. The molecule has 138 valence electrons. The molecule has 4 nitrogen and oxygen atoms in total. The van der Waals surface area contributed by atoms with Crippen LogP contribution in [0.3, 0.4) is 0 Å².